The third-order valence-corrected chi connectivity index (χ3v) is 2.84. The Hall–Kier alpha value is -1.50. The third-order valence-electron chi connectivity index (χ3n) is 2.84. The van der Waals surface area contributed by atoms with E-state index < -0.39 is 19.1 Å². The van der Waals surface area contributed by atoms with Crippen LogP contribution >= 0.6 is 0 Å². The zero-order valence-corrected chi connectivity index (χ0v) is 9.94. The van der Waals surface area contributed by atoms with E-state index in [0.717, 1.165) is 31.7 Å². The van der Waals surface area contributed by atoms with Gasteiger partial charge in [0.05, 0.1) is 6.54 Å². The summed E-state index contributed by atoms with van der Waals surface area (Å²) in [5.74, 6) is -2.05. The van der Waals surface area contributed by atoms with Crippen molar-refractivity contribution < 1.29 is 13.9 Å². The summed E-state index contributed by atoms with van der Waals surface area (Å²) in [7, 11) is 0. The molecule has 0 aliphatic carbocycles. The van der Waals surface area contributed by atoms with Crippen molar-refractivity contribution in [1.82, 2.24) is 9.97 Å². The van der Waals surface area contributed by atoms with Gasteiger partial charge in [-0.25, -0.2) is 18.7 Å². The molecular formula is C11H16F2N4O. The molecule has 2 rings (SSSR count). The predicted molar refractivity (Wildman–Crippen MR) is 64.0 cm³/mol. The molecule has 7 heteroatoms. The van der Waals surface area contributed by atoms with Gasteiger partial charge in [0.25, 0.3) is 5.92 Å². The zero-order chi connectivity index (χ0) is 13.0. The van der Waals surface area contributed by atoms with Crippen molar-refractivity contribution in [2.45, 2.75) is 18.8 Å². The average molecular weight is 258 g/mol. The van der Waals surface area contributed by atoms with Crippen LogP contribution in [0.1, 0.15) is 12.8 Å². The molecule has 18 heavy (non-hydrogen) atoms. The second-order valence-corrected chi connectivity index (χ2v) is 4.32. The second-order valence-electron chi connectivity index (χ2n) is 4.32. The molecule has 2 heterocycles. The highest BCUT2D eigenvalue weighted by Gasteiger charge is 2.27. The van der Waals surface area contributed by atoms with Crippen molar-refractivity contribution in [3.63, 3.8) is 0 Å². The van der Waals surface area contributed by atoms with Crippen molar-refractivity contribution in [2.75, 3.05) is 36.5 Å². The van der Waals surface area contributed by atoms with E-state index in [1.165, 1.54) is 6.33 Å². The van der Waals surface area contributed by atoms with Crippen LogP contribution in [0.4, 0.5) is 20.4 Å². The Morgan fingerprint density at radius 3 is 2.72 bits per heavy atom. The number of aliphatic hydroxyl groups is 1. The summed E-state index contributed by atoms with van der Waals surface area (Å²) in [6.07, 6.45) is 3.60. The SMILES string of the molecule is OCC(F)(F)CNc1cc(N2CCCC2)ncn1. The quantitative estimate of drug-likeness (QED) is 0.828. The van der Waals surface area contributed by atoms with Gasteiger partial charge in [0, 0.05) is 19.2 Å². The Bertz CT molecular complexity index is 396. The molecule has 0 aromatic carbocycles. The normalized spacial score (nSPS) is 16.1. The lowest BCUT2D eigenvalue weighted by Crippen LogP contribution is -2.31. The summed E-state index contributed by atoms with van der Waals surface area (Å²) in [6, 6.07) is 1.65. The molecule has 2 N–H and O–H groups in total. The molecule has 0 spiro atoms. The Morgan fingerprint density at radius 1 is 1.33 bits per heavy atom. The predicted octanol–water partition coefficient (Wildman–Crippen LogP) is 1.12. The van der Waals surface area contributed by atoms with Crippen molar-refractivity contribution in [3.05, 3.63) is 12.4 Å². The van der Waals surface area contributed by atoms with Crippen LogP contribution in [0.25, 0.3) is 0 Å². The maximum Gasteiger partial charge on any atom is 0.287 e. The first-order valence-electron chi connectivity index (χ1n) is 5.90. The van der Waals surface area contributed by atoms with Crippen LogP contribution in [-0.2, 0) is 0 Å². The summed E-state index contributed by atoms with van der Waals surface area (Å²) >= 11 is 0. The Kier molecular flexibility index (Phi) is 3.90. The molecule has 1 aliphatic rings. The molecule has 0 radical (unpaired) electrons. The lowest BCUT2D eigenvalue weighted by Gasteiger charge is -2.18. The summed E-state index contributed by atoms with van der Waals surface area (Å²) in [4.78, 5) is 10.1. The molecule has 0 bridgehead atoms. The molecule has 1 aliphatic heterocycles. The highest BCUT2D eigenvalue weighted by molar-refractivity contribution is 5.49. The fraction of sp³-hybridized carbons (Fsp3) is 0.636. The van der Waals surface area contributed by atoms with E-state index in [9.17, 15) is 8.78 Å². The second kappa shape index (κ2) is 5.43. The molecular weight excluding hydrogens is 242 g/mol. The summed E-state index contributed by atoms with van der Waals surface area (Å²) in [5, 5.41) is 11.0. The van der Waals surface area contributed by atoms with Gasteiger partial charge in [0.1, 0.15) is 24.6 Å². The van der Waals surface area contributed by atoms with Gasteiger partial charge in [-0.15, -0.1) is 0 Å². The van der Waals surface area contributed by atoms with Crippen molar-refractivity contribution in [1.29, 1.82) is 0 Å². The number of halogens is 2. The highest BCUT2D eigenvalue weighted by Crippen LogP contribution is 2.20. The van der Waals surface area contributed by atoms with Crippen LogP contribution in [0.2, 0.25) is 0 Å². The number of nitrogens with one attached hydrogen (secondary N) is 1. The zero-order valence-electron chi connectivity index (χ0n) is 9.94. The Morgan fingerprint density at radius 2 is 2.06 bits per heavy atom. The number of aromatic nitrogens is 2. The topological polar surface area (TPSA) is 61.3 Å². The lowest BCUT2D eigenvalue weighted by atomic mass is 10.3. The molecule has 1 fully saturated rings. The standard InChI is InChI=1S/C11H16F2N4O/c12-11(13,7-18)6-14-9-5-10(16-8-15-9)17-3-1-2-4-17/h5,8,18H,1-4,6-7H2,(H,14,15,16). The van der Waals surface area contributed by atoms with Crippen LogP contribution in [-0.4, -0.2) is 47.2 Å². The summed E-state index contributed by atoms with van der Waals surface area (Å²) in [6.45, 7) is 0.0521. The monoisotopic (exact) mass is 258 g/mol. The van der Waals surface area contributed by atoms with E-state index in [0.29, 0.717) is 5.82 Å². The minimum absolute atomic E-state index is 0.347. The van der Waals surface area contributed by atoms with Crippen LogP contribution in [0.5, 0.6) is 0 Å². The number of anilines is 2. The van der Waals surface area contributed by atoms with Gasteiger partial charge in [-0.2, -0.15) is 0 Å². The van der Waals surface area contributed by atoms with Gasteiger partial charge in [0.15, 0.2) is 0 Å². The van der Waals surface area contributed by atoms with Gasteiger partial charge in [-0.3, -0.25) is 0 Å². The number of nitrogens with zero attached hydrogens (tertiary/aromatic N) is 3. The Balaban J connectivity index is 1.99. The van der Waals surface area contributed by atoms with Crippen LogP contribution in [0, 0.1) is 0 Å². The number of hydrogen-bond acceptors (Lipinski definition) is 5. The van der Waals surface area contributed by atoms with Crippen LogP contribution < -0.4 is 10.2 Å². The minimum atomic E-state index is -3.14. The summed E-state index contributed by atoms with van der Waals surface area (Å²) < 4.78 is 25.7. The van der Waals surface area contributed by atoms with E-state index >= 15 is 0 Å². The van der Waals surface area contributed by atoms with Crippen molar-refractivity contribution >= 4 is 11.6 Å². The van der Waals surface area contributed by atoms with Gasteiger partial charge in [-0.1, -0.05) is 0 Å². The number of aliphatic hydroxyl groups excluding tert-OH is 1. The molecule has 100 valence electrons. The van der Waals surface area contributed by atoms with E-state index in [1.807, 2.05) is 0 Å². The van der Waals surface area contributed by atoms with Crippen molar-refractivity contribution in [3.8, 4) is 0 Å². The first-order valence-corrected chi connectivity index (χ1v) is 5.90. The fourth-order valence-corrected chi connectivity index (χ4v) is 1.84. The average Bonchev–Trinajstić information content (AvgIpc) is 2.91. The van der Waals surface area contributed by atoms with E-state index in [-0.39, 0.29) is 0 Å². The minimum Gasteiger partial charge on any atom is -0.390 e. The maximum atomic E-state index is 12.9. The van der Waals surface area contributed by atoms with Crippen molar-refractivity contribution in [2.24, 2.45) is 0 Å². The molecule has 0 amide bonds. The first kappa shape index (κ1) is 12.9. The molecule has 0 saturated carbocycles. The number of alkyl halides is 2. The van der Waals surface area contributed by atoms with Gasteiger partial charge < -0.3 is 15.3 Å². The molecule has 1 saturated heterocycles. The highest BCUT2D eigenvalue weighted by atomic mass is 19.3. The van der Waals surface area contributed by atoms with Crippen LogP contribution in [0.3, 0.4) is 0 Å². The maximum absolute atomic E-state index is 12.9. The molecule has 0 atom stereocenters. The van der Waals surface area contributed by atoms with Gasteiger partial charge in [-0.05, 0) is 12.8 Å². The van der Waals surface area contributed by atoms with Gasteiger partial charge >= 0.3 is 0 Å². The molecule has 0 unspecified atom stereocenters. The van der Waals surface area contributed by atoms with Gasteiger partial charge in [0.2, 0.25) is 0 Å². The van der Waals surface area contributed by atoms with E-state index in [2.05, 4.69) is 20.2 Å². The molecule has 1 aromatic heterocycles. The lowest BCUT2D eigenvalue weighted by molar-refractivity contribution is -0.0373. The largest absolute Gasteiger partial charge is 0.390 e. The molecule has 5 nitrogen and oxygen atoms in total. The van der Waals surface area contributed by atoms with E-state index in [1.54, 1.807) is 6.07 Å². The first-order chi connectivity index (χ1) is 8.61. The number of hydrogen-bond donors (Lipinski definition) is 2. The third kappa shape index (κ3) is 3.25. The summed E-state index contributed by atoms with van der Waals surface area (Å²) in [5.41, 5.74) is 0. The van der Waals surface area contributed by atoms with Crippen LogP contribution in [0.15, 0.2) is 12.4 Å². The number of rotatable bonds is 5. The van der Waals surface area contributed by atoms with E-state index in [4.69, 9.17) is 5.11 Å². The Labute approximate surface area is 104 Å². The molecule has 1 aromatic rings. The fourth-order valence-electron chi connectivity index (χ4n) is 1.84. The smallest absolute Gasteiger partial charge is 0.287 e.